The topological polar surface area (TPSA) is 36.3 Å². The smallest absolute Gasteiger partial charge is 0.123 e. The monoisotopic (exact) mass is 386 g/mol. The minimum atomic E-state index is -0.272. The Labute approximate surface area is 171 Å². The van der Waals surface area contributed by atoms with Crippen molar-refractivity contribution in [2.24, 2.45) is 0 Å². The van der Waals surface area contributed by atoms with E-state index in [1.54, 1.807) is 19.2 Å². The van der Waals surface area contributed by atoms with Crippen LogP contribution >= 0.6 is 0 Å². The molecular formula is C25H23FN2O. The van der Waals surface area contributed by atoms with Gasteiger partial charge in [0.15, 0.2) is 0 Å². The van der Waals surface area contributed by atoms with Crippen LogP contribution in [0.25, 0.3) is 22.3 Å². The average molecular weight is 386 g/mol. The molecule has 1 heterocycles. The number of hydrogen-bond donors (Lipinski definition) is 0. The van der Waals surface area contributed by atoms with E-state index in [9.17, 15) is 9.65 Å². The van der Waals surface area contributed by atoms with Gasteiger partial charge in [0.1, 0.15) is 17.6 Å². The van der Waals surface area contributed by atoms with Crippen LogP contribution in [0.2, 0.25) is 0 Å². The summed E-state index contributed by atoms with van der Waals surface area (Å²) >= 11 is 0. The summed E-state index contributed by atoms with van der Waals surface area (Å²) in [5, 5.41) is 9.95. The first-order valence-corrected chi connectivity index (χ1v) is 9.85. The summed E-state index contributed by atoms with van der Waals surface area (Å²) < 4.78 is 18.9. The van der Waals surface area contributed by atoms with Gasteiger partial charge in [-0.3, -0.25) is 0 Å². The van der Waals surface area contributed by atoms with Gasteiger partial charge in [-0.25, -0.2) is 4.39 Å². The van der Waals surface area contributed by atoms with Gasteiger partial charge >= 0.3 is 0 Å². The van der Waals surface area contributed by atoms with Crippen molar-refractivity contribution in [3.63, 3.8) is 0 Å². The predicted molar refractivity (Wildman–Crippen MR) is 115 cm³/mol. The van der Waals surface area contributed by atoms with Crippen molar-refractivity contribution in [2.45, 2.75) is 19.8 Å². The van der Waals surface area contributed by atoms with Gasteiger partial charge in [-0.1, -0.05) is 24.3 Å². The molecule has 1 saturated heterocycles. The Balaban J connectivity index is 1.98. The maximum atomic E-state index is 13.6. The summed E-state index contributed by atoms with van der Waals surface area (Å²) in [6.45, 7) is 3.92. The van der Waals surface area contributed by atoms with Gasteiger partial charge in [0.2, 0.25) is 0 Å². The minimum absolute atomic E-state index is 0.272. The van der Waals surface area contributed by atoms with E-state index in [2.05, 4.69) is 17.0 Å². The third-order valence-corrected chi connectivity index (χ3v) is 5.65. The molecule has 0 unspecified atom stereocenters. The molecule has 0 aliphatic carbocycles. The zero-order chi connectivity index (χ0) is 20.4. The van der Waals surface area contributed by atoms with Crippen LogP contribution in [0.5, 0.6) is 5.75 Å². The summed E-state index contributed by atoms with van der Waals surface area (Å²) in [4.78, 5) is 2.30. The summed E-state index contributed by atoms with van der Waals surface area (Å²) in [6.07, 6.45) is 2.28. The zero-order valence-corrected chi connectivity index (χ0v) is 16.7. The Hall–Kier alpha value is -3.32. The van der Waals surface area contributed by atoms with E-state index < -0.39 is 0 Å². The number of nitrogens with zero attached hydrogens (tertiary/aromatic N) is 2. The van der Waals surface area contributed by atoms with E-state index in [0.29, 0.717) is 5.56 Å². The van der Waals surface area contributed by atoms with Crippen LogP contribution in [0.1, 0.15) is 24.0 Å². The van der Waals surface area contributed by atoms with Gasteiger partial charge in [-0.15, -0.1) is 0 Å². The van der Waals surface area contributed by atoms with E-state index in [1.165, 1.54) is 12.1 Å². The Bertz CT molecular complexity index is 1060. The molecule has 3 aromatic rings. The van der Waals surface area contributed by atoms with Crippen molar-refractivity contribution >= 4 is 5.69 Å². The highest BCUT2D eigenvalue weighted by Gasteiger charge is 2.23. The van der Waals surface area contributed by atoms with Crippen molar-refractivity contribution in [1.82, 2.24) is 0 Å². The lowest BCUT2D eigenvalue weighted by Gasteiger charge is -2.24. The lowest BCUT2D eigenvalue weighted by Crippen LogP contribution is -2.19. The van der Waals surface area contributed by atoms with Crippen molar-refractivity contribution < 1.29 is 9.13 Å². The molecule has 0 radical (unpaired) electrons. The van der Waals surface area contributed by atoms with Gasteiger partial charge in [0, 0.05) is 13.1 Å². The Morgan fingerprint density at radius 1 is 0.966 bits per heavy atom. The first kappa shape index (κ1) is 19.0. The molecule has 0 amide bonds. The molecule has 0 spiro atoms. The number of halogens is 1. The van der Waals surface area contributed by atoms with Crippen LogP contribution in [0.15, 0.2) is 54.6 Å². The van der Waals surface area contributed by atoms with Crippen molar-refractivity contribution in [2.75, 3.05) is 25.1 Å². The van der Waals surface area contributed by atoms with Crippen LogP contribution in [-0.4, -0.2) is 20.2 Å². The van der Waals surface area contributed by atoms with E-state index in [1.807, 2.05) is 31.2 Å². The van der Waals surface area contributed by atoms with Crippen LogP contribution in [0.4, 0.5) is 10.1 Å². The van der Waals surface area contributed by atoms with Crippen molar-refractivity contribution in [3.05, 3.63) is 71.5 Å². The average Bonchev–Trinajstić information content (AvgIpc) is 3.29. The number of anilines is 1. The normalized spacial score (nSPS) is 13.4. The summed E-state index contributed by atoms with van der Waals surface area (Å²) in [5.74, 6) is 0.522. The molecule has 1 fully saturated rings. The second-order valence-corrected chi connectivity index (χ2v) is 7.36. The fraction of sp³-hybridized carbons (Fsp3) is 0.240. The third kappa shape index (κ3) is 3.56. The Kier molecular flexibility index (Phi) is 5.22. The van der Waals surface area contributed by atoms with Gasteiger partial charge < -0.3 is 9.64 Å². The lowest BCUT2D eigenvalue weighted by molar-refractivity contribution is 0.415. The maximum absolute atomic E-state index is 13.6. The number of nitriles is 1. The van der Waals surface area contributed by atoms with Gasteiger partial charge in [0.25, 0.3) is 0 Å². The summed E-state index contributed by atoms with van der Waals surface area (Å²) in [5.41, 5.74) is 6.56. The van der Waals surface area contributed by atoms with E-state index in [0.717, 1.165) is 65.2 Å². The molecule has 0 N–H and O–H groups in total. The molecular weight excluding hydrogens is 363 g/mol. The Morgan fingerprint density at radius 3 is 2.17 bits per heavy atom. The number of benzene rings is 3. The first-order valence-electron chi connectivity index (χ1n) is 9.85. The molecule has 3 nitrogen and oxygen atoms in total. The van der Waals surface area contributed by atoms with Crippen molar-refractivity contribution in [3.8, 4) is 34.1 Å². The van der Waals surface area contributed by atoms with Crippen LogP contribution in [0.3, 0.4) is 0 Å². The standard InChI is InChI=1S/C25H23FN2O/c1-17-23(16-27)24(28-13-3-4-14-28)15-22(18-7-11-21(29-2)12-8-18)25(17)19-5-9-20(26)10-6-19/h5-12,15H,3-4,13-14H2,1-2H3. The molecule has 0 atom stereocenters. The molecule has 0 aromatic heterocycles. The first-order chi connectivity index (χ1) is 14.1. The van der Waals surface area contributed by atoms with E-state index in [4.69, 9.17) is 4.74 Å². The van der Waals surface area contributed by atoms with Gasteiger partial charge in [-0.2, -0.15) is 5.26 Å². The molecule has 1 aliphatic heterocycles. The zero-order valence-electron chi connectivity index (χ0n) is 16.7. The fourth-order valence-corrected chi connectivity index (χ4v) is 4.14. The number of hydrogen-bond acceptors (Lipinski definition) is 3. The predicted octanol–water partition coefficient (Wildman–Crippen LogP) is 5.95. The lowest BCUT2D eigenvalue weighted by atomic mass is 9.87. The van der Waals surface area contributed by atoms with Crippen LogP contribution in [0, 0.1) is 24.1 Å². The molecule has 29 heavy (non-hydrogen) atoms. The molecule has 1 aliphatic rings. The van der Waals surface area contributed by atoms with Crippen LogP contribution in [-0.2, 0) is 0 Å². The highest BCUT2D eigenvalue weighted by atomic mass is 19.1. The molecule has 0 saturated carbocycles. The minimum Gasteiger partial charge on any atom is -0.497 e. The third-order valence-electron chi connectivity index (χ3n) is 5.65. The molecule has 4 heteroatoms. The van der Waals surface area contributed by atoms with Gasteiger partial charge in [0.05, 0.1) is 18.4 Å². The molecule has 146 valence electrons. The highest BCUT2D eigenvalue weighted by Crippen LogP contribution is 2.42. The quantitative estimate of drug-likeness (QED) is 0.556. The molecule has 3 aromatic carbocycles. The van der Waals surface area contributed by atoms with Gasteiger partial charge in [-0.05, 0) is 77.9 Å². The molecule has 0 bridgehead atoms. The number of ether oxygens (including phenoxy) is 1. The molecule has 4 rings (SSSR count). The second-order valence-electron chi connectivity index (χ2n) is 7.36. The number of methoxy groups -OCH3 is 1. The van der Waals surface area contributed by atoms with Crippen molar-refractivity contribution in [1.29, 1.82) is 5.26 Å². The van der Waals surface area contributed by atoms with Crippen LogP contribution < -0.4 is 9.64 Å². The number of rotatable bonds is 4. The fourth-order valence-electron chi connectivity index (χ4n) is 4.14. The summed E-state index contributed by atoms with van der Waals surface area (Å²) in [7, 11) is 1.65. The Morgan fingerprint density at radius 2 is 1.59 bits per heavy atom. The van der Waals surface area contributed by atoms with E-state index in [-0.39, 0.29) is 5.82 Å². The summed E-state index contributed by atoms with van der Waals surface area (Å²) in [6, 6.07) is 19.0. The highest BCUT2D eigenvalue weighted by molar-refractivity contribution is 5.91. The van der Waals surface area contributed by atoms with E-state index >= 15 is 0 Å². The largest absolute Gasteiger partial charge is 0.497 e. The second kappa shape index (κ2) is 7.97. The maximum Gasteiger partial charge on any atom is 0.123 e. The SMILES string of the molecule is COc1ccc(-c2cc(N3CCCC3)c(C#N)c(C)c2-c2ccc(F)cc2)cc1.